The van der Waals surface area contributed by atoms with Crippen molar-refractivity contribution in [3.63, 3.8) is 0 Å². The van der Waals surface area contributed by atoms with Crippen molar-refractivity contribution in [1.29, 1.82) is 0 Å². The summed E-state index contributed by atoms with van der Waals surface area (Å²) >= 11 is 0. The Kier molecular flexibility index (Phi) is 3.73. The van der Waals surface area contributed by atoms with Crippen molar-refractivity contribution in [3.8, 4) is 0 Å². The van der Waals surface area contributed by atoms with Crippen LogP contribution >= 0.6 is 0 Å². The van der Waals surface area contributed by atoms with Crippen molar-refractivity contribution in [2.45, 2.75) is 6.92 Å². The average Bonchev–Trinajstić information content (AvgIpc) is 2.96. The number of hydrazone groups is 1. The normalized spacial score (nSPS) is 11.4. The number of rotatable bonds is 4. The van der Waals surface area contributed by atoms with Crippen molar-refractivity contribution >= 4 is 11.4 Å². The number of nitrogens with one attached hydrogen (secondary N) is 1. The lowest BCUT2D eigenvalue weighted by atomic mass is 10.1. The van der Waals surface area contributed by atoms with E-state index in [1.54, 1.807) is 0 Å². The summed E-state index contributed by atoms with van der Waals surface area (Å²) in [6, 6.07) is 19.6. The molecular weight excluding hydrogens is 264 g/mol. The molecule has 21 heavy (non-hydrogen) atoms. The van der Waals surface area contributed by atoms with E-state index in [4.69, 9.17) is 4.63 Å². The molecule has 3 rings (SSSR count). The van der Waals surface area contributed by atoms with Crippen molar-refractivity contribution < 1.29 is 4.63 Å². The highest BCUT2D eigenvalue weighted by Gasteiger charge is 2.15. The number of hydrogen-bond donors (Lipinski definition) is 1. The van der Waals surface area contributed by atoms with Crippen LogP contribution in [0.2, 0.25) is 0 Å². The first-order chi connectivity index (χ1) is 10.3. The van der Waals surface area contributed by atoms with Crippen LogP contribution in [0, 0.1) is 6.92 Å². The molecular formula is C16H14N4O. The summed E-state index contributed by atoms with van der Waals surface area (Å²) in [5, 5.41) is 12.2. The van der Waals surface area contributed by atoms with Gasteiger partial charge in [0, 0.05) is 5.56 Å². The lowest BCUT2D eigenvalue weighted by Crippen LogP contribution is -2.08. The van der Waals surface area contributed by atoms with Gasteiger partial charge in [-0.3, -0.25) is 5.43 Å². The number of aromatic nitrogens is 2. The summed E-state index contributed by atoms with van der Waals surface area (Å²) in [5.74, 6) is 0. The van der Waals surface area contributed by atoms with Crippen molar-refractivity contribution in [2.24, 2.45) is 5.10 Å². The van der Waals surface area contributed by atoms with Gasteiger partial charge in [-0.05, 0) is 24.2 Å². The van der Waals surface area contributed by atoms with E-state index in [0.717, 1.165) is 11.3 Å². The van der Waals surface area contributed by atoms with Gasteiger partial charge in [-0.25, -0.2) is 4.63 Å². The lowest BCUT2D eigenvalue weighted by molar-refractivity contribution is 0.304. The van der Waals surface area contributed by atoms with E-state index in [9.17, 15) is 0 Å². The molecule has 5 nitrogen and oxygen atoms in total. The summed E-state index contributed by atoms with van der Waals surface area (Å²) in [7, 11) is 0. The van der Waals surface area contributed by atoms with E-state index in [1.165, 1.54) is 0 Å². The second-order valence-electron chi connectivity index (χ2n) is 4.50. The fourth-order valence-corrected chi connectivity index (χ4v) is 1.93. The van der Waals surface area contributed by atoms with Crippen LogP contribution in [0.1, 0.15) is 17.0 Å². The number of anilines is 1. The van der Waals surface area contributed by atoms with Gasteiger partial charge in [0.2, 0.25) is 0 Å². The van der Waals surface area contributed by atoms with Crippen LogP contribution < -0.4 is 5.43 Å². The molecule has 1 N–H and O–H groups in total. The number of benzene rings is 2. The molecule has 0 saturated heterocycles. The zero-order valence-electron chi connectivity index (χ0n) is 11.5. The number of para-hydroxylation sites is 1. The van der Waals surface area contributed by atoms with Gasteiger partial charge in [0.25, 0.3) is 0 Å². The second-order valence-corrected chi connectivity index (χ2v) is 4.50. The van der Waals surface area contributed by atoms with E-state index >= 15 is 0 Å². The Balaban J connectivity index is 1.99. The number of nitrogens with zero attached hydrogens (tertiary/aromatic N) is 3. The SMILES string of the molecule is Cc1nonc1/C(=N\Nc1ccccc1)c1ccccc1. The molecule has 0 fully saturated rings. The molecule has 0 unspecified atom stereocenters. The van der Waals surface area contributed by atoms with Crippen LogP contribution in [-0.4, -0.2) is 16.0 Å². The molecule has 0 aliphatic rings. The standard InChI is InChI=1S/C16H14N4O/c1-12-15(20-21-19-12)16(13-8-4-2-5-9-13)18-17-14-10-6-3-7-11-14/h2-11,17H,1H3/b18-16-. The molecule has 0 aliphatic heterocycles. The highest BCUT2D eigenvalue weighted by molar-refractivity contribution is 6.12. The van der Waals surface area contributed by atoms with E-state index in [1.807, 2.05) is 67.6 Å². The summed E-state index contributed by atoms with van der Waals surface area (Å²) in [6.45, 7) is 1.84. The molecule has 0 bridgehead atoms. The Morgan fingerprint density at radius 1 is 0.952 bits per heavy atom. The van der Waals surface area contributed by atoms with Gasteiger partial charge in [-0.1, -0.05) is 53.7 Å². The van der Waals surface area contributed by atoms with E-state index in [-0.39, 0.29) is 0 Å². The first-order valence-electron chi connectivity index (χ1n) is 6.58. The predicted octanol–water partition coefficient (Wildman–Crippen LogP) is 3.24. The molecule has 0 amide bonds. The fraction of sp³-hybridized carbons (Fsp3) is 0.0625. The van der Waals surface area contributed by atoms with Crippen molar-refractivity contribution in [3.05, 3.63) is 77.6 Å². The van der Waals surface area contributed by atoms with Gasteiger partial charge >= 0.3 is 0 Å². The Labute approximate surface area is 122 Å². The highest BCUT2D eigenvalue weighted by atomic mass is 16.6. The Hall–Kier alpha value is -2.95. The molecule has 5 heteroatoms. The fourth-order valence-electron chi connectivity index (χ4n) is 1.93. The molecule has 0 radical (unpaired) electrons. The van der Waals surface area contributed by atoms with Crippen LogP contribution in [0.5, 0.6) is 0 Å². The largest absolute Gasteiger partial charge is 0.278 e. The molecule has 0 saturated carbocycles. The molecule has 1 heterocycles. The van der Waals surface area contributed by atoms with Crippen LogP contribution in [0.4, 0.5) is 5.69 Å². The highest BCUT2D eigenvalue weighted by Crippen LogP contribution is 2.13. The zero-order chi connectivity index (χ0) is 14.5. The van der Waals surface area contributed by atoms with Gasteiger partial charge in [-0.2, -0.15) is 5.10 Å². The van der Waals surface area contributed by atoms with E-state index in [0.29, 0.717) is 17.1 Å². The maximum Gasteiger partial charge on any atom is 0.158 e. The minimum atomic E-state index is 0.629. The van der Waals surface area contributed by atoms with Gasteiger partial charge in [0.1, 0.15) is 11.4 Å². The minimum Gasteiger partial charge on any atom is -0.278 e. The van der Waals surface area contributed by atoms with E-state index < -0.39 is 0 Å². The van der Waals surface area contributed by atoms with Gasteiger partial charge in [-0.15, -0.1) is 0 Å². The predicted molar refractivity (Wildman–Crippen MR) is 81.2 cm³/mol. The van der Waals surface area contributed by atoms with Gasteiger partial charge in [0.15, 0.2) is 5.69 Å². The molecule has 104 valence electrons. The molecule has 1 aromatic heterocycles. The van der Waals surface area contributed by atoms with E-state index in [2.05, 4.69) is 20.8 Å². The number of aryl methyl sites for hydroxylation is 1. The number of hydrogen-bond acceptors (Lipinski definition) is 5. The maximum atomic E-state index is 4.79. The van der Waals surface area contributed by atoms with Gasteiger partial charge in [0.05, 0.1) is 5.69 Å². The third-order valence-corrected chi connectivity index (χ3v) is 2.99. The molecule has 0 spiro atoms. The average molecular weight is 278 g/mol. The van der Waals surface area contributed by atoms with Crippen LogP contribution in [0.15, 0.2) is 70.4 Å². The Morgan fingerprint density at radius 3 is 2.24 bits per heavy atom. The summed E-state index contributed by atoms with van der Waals surface area (Å²) in [5.41, 5.74) is 6.91. The Bertz CT molecular complexity index is 735. The van der Waals surface area contributed by atoms with Gasteiger partial charge < -0.3 is 0 Å². The second kappa shape index (κ2) is 6.00. The molecule has 0 atom stereocenters. The third kappa shape index (κ3) is 2.97. The Morgan fingerprint density at radius 2 is 1.62 bits per heavy atom. The molecule has 2 aromatic carbocycles. The smallest absolute Gasteiger partial charge is 0.158 e. The van der Waals surface area contributed by atoms with Crippen LogP contribution in [0.3, 0.4) is 0 Å². The quantitative estimate of drug-likeness (QED) is 0.588. The monoisotopic (exact) mass is 278 g/mol. The van der Waals surface area contributed by atoms with Crippen molar-refractivity contribution in [2.75, 3.05) is 5.43 Å². The summed E-state index contributed by atoms with van der Waals surface area (Å²) < 4.78 is 4.79. The van der Waals surface area contributed by atoms with Crippen molar-refractivity contribution in [1.82, 2.24) is 10.3 Å². The molecule has 0 aliphatic carbocycles. The lowest BCUT2D eigenvalue weighted by Gasteiger charge is -2.05. The topological polar surface area (TPSA) is 63.3 Å². The minimum absolute atomic E-state index is 0.629. The first-order valence-corrected chi connectivity index (χ1v) is 6.58. The van der Waals surface area contributed by atoms with Crippen LogP contribution in [0.25, 0.3) is 0 Å². The molecule has 3 aromatic rings. The van der Waals surface area contributed by atoms with Crippen LogP contribution in [-0.2, 0) is 0 Å². The summed E-state index contributed by atoms with van der Waals surface area (Å²) in [4.78, 5) is 0. The third-order valence-electron chi connectivity index (χ3n) is 2.99. The first kappa shape index (κ1) is 13.1. The maximum absolute atomic E-state index is 4.79. The summed E-state index contributed by atoms with van der Waals surface area (Å²) in [6.07, 6.45) is 0. The zero-order valence-corrected chi connectivity index (χ0v) is 11.5.